The van der Waals surface area contributed by atoms with Gasteiger partial charge in [0.05, 0.1) is 11.1 Å². The highest BCUT2D eigenvalue weighted by Crippen LogP contribution is 2.28. The molecule has 0 bridgehead atoms. The lowest BCUT2D eigenvalue weighted by atomic mass is 10.0. The molecule has 28 heavy (non-hydrogen) atoms. The molecule has 0 saturated carbocycles. The zero-order valence-electron chi connectivity index (χ0n) is 16.2. The van der Waals surface area contributed by atoms with E-state index < -0.39 is 23.8 Å². The lowest BCUT2D eigenvalue weighted by Crippen LogP contribution is -2.54. The summed E-state index contributed by atoms with van der Waals surface area (Å²) in [6.45, 7) is 5.48. The number of imide groups is 2. The third-order valence-corrected chi connectivity index (χ3v) is 5.34. The average molecular weight is 386 g/mol. The number of nitrogens with two attached hydrogens (primary N) is 1. The molecule has 2 aliphatic heterocycles. The molecular formula is C20H26N4O4. The Bertz CT molecular complexity index is 820. The third-order valence-electron chi connectivity index (χ3n) is 5.34. The molecule has 2 atom stereocenters. The van der Waals surface area contributed by atoms with Gasteiger partial charge < -0.3 is 11.1 Å². The van der Waals surface area contributed by atoms with Crippen molar-refractivity contribution in [2.24, 2.45) is 11.7 Å². The van der Waals surface area contributed by atoms with Crippen molar-refractivity contribution in [2.75, 3.05) is 6.54 Å². The molecule has 4 amide bonds. The van der Waals surface area contributed by atoms with Crippen molar-refractivity contribution in [3.8, 4) is 0 Å². The van der Waals surface area contributed by atoms with Gasteiger partial charge in [-0.15, -0.1) is 0 Å². The van der Waals surface area contributed by atoms with Gasteiger partial charge in [0, 0.05) is 19.0 Å². The molecule has 0 aromatic heterocycles. The Hall–Kier alpha value is -2.58. The van der Waals surface area contributed by atoms with Crippen molar-refractivity contribution in [3.63, 3.8) is 0 Å². The number of fused-ring (bicyclic) bond motifs is 1. The molecule has 1 aromatic rings. The van der Waals surface area contributed by atoms with Gasteiger partial charge in [-0.3, -0.25) is 29.4 Å². The molecule has 0 aliphatic carbocycles. The van der Waals surface area contributed by atoms with Crippen LogP contribution in [0, 0.1) is 5.92 Å². The van der Waals surface area contributed by atoms with Crippen LogP contribution in [0.25, 0.3) is 0 Å². The Morgan fingerprint density at radius 3 is 2.57 bits per heavy atom. The van der Waals surface area contributed by atoms with Crippen molar-refractivity contribution in [1.82, 2.24) is 15.5 Å². The van der Waals surface area contributed by atoms with E-state index in [1.54, 1.807) is 18.2 Å². The summed E-state index contributed by atoms with van der Waals surface area (Å²) in [6.07, 6.45) is 1.11. The fraction of sp³-hybridized carbons (Fsp3) is 0.500. The molecule has 2 heterocycles. The fourth-order valence-corrected chi connectivity index (χ4v) is 3.46. The number of hydrogen-bond acceptors (Lipinski definition) is 6. The summed E-state index contributed by atoms with van der Waals surface area (Å²) in [7, 11) is 0. The zero-order valence-corrected chi connectivity index (χ0v) is 16.2. The minimum Gasteiger partial charge on any atom is -0.327 e. The number of nitrogens with zero attached hydrogens (tertiary/aromatic N) is 1. The molecule has 0 spiro atoms. The van der Waals surface area contributed by atoms with Crippen LogP contribution in [0.4, 0.5) is 0 Å². The second-order valence-electron chi connectivity index (χ2n) is 7.70. The summed E-state index contributed by atoms with van der Waals surface area (Å²) < 4.78 is 0. The predicted molar refractivity (Wildman–Crippen MR) is 102 cm³/mol. The maximum Gasteiger partial charge on any atom is 0.262 e. The highest BCUT2D eigenvalue weighted by atomic mass is 16.2. The molecule has 1 fully saturated rings. The van der Waals surface area contributed by atoms with Crippen LogP contribution in [-0.2, 0) is 16.1 Å². The Balaban J connectivity index is 1.66. The number of nitrogens with one attached hydrogen (secondary N) is 2. The Morgan fingerprint density at radius 2 is 1.89 bits per heavy atom. The van der Waals surface area contributed by atoms with Crippen LogP contribution in [-0.4, -0.2) is 47.2 Å². The quantitative estimate of drug-likeness (QED) is 0.465. The molecule has 4 N–H and O–H groups in total. The first-order valence-corrected chi connectivity index (χ1v) is 9.60. The molecule has 3 rings (SSSR count). The largest absolute Gasteiger partial charge is 0.327 e. The molecule has 1 aromatic carbocycles. The van der Waals surface area contributed by atoms with E-state index in [2.05, 4.69) is 24.5 Å². The van der Waals surface area contributed by atoms with Crippen LogP contribution in [0.3, 0.4) is 0 Å². The second kappa shape index (κ2) is 8.20. The molecule has 1 saturated heterocycles. The van der Waals surface area contributed by atoms with Crippen LogP contribution in [0.1, 0.15) is 59.4 Å². The van der Waals surface area contributed by atoms with Gasteiger partial charge in [-0.1, -0.05) is 19.9 Å². The summed E-state index contributed by atoms with van der Waals surface area (Å²) >= 11 is 0. The normalized spacial score (nSPS) is 20.6. The van der Waals surface area contributed by atoms with Gasteiger partial charge >= 0.3 is 0 Å². The summed E-state index contributed by atoms with van der Waals surface area (Å²) in [5.74, 6) is -1.55. The van der Waals surface area contributed by atoms with E-state index in [0.29, 0.717) is 23.6 Å². The maximum atomic E-state index is 12.8. The number of amides is 4. The first kappa shape index (κ1) is 20.2. The van der Waals surface area contributed by atoms with Crippen molar-refractivity contribution in [2.45, 2.75) is 51.7 Å². The van der Waals surface area contributed by atoms with Crippen molar-refractivity contribution < 1.29 is 19.2 Å². The van der Waals surface area contributed by atoms with Crippen LogP contribution in [0.15, 0.2) is 18.2 Å². The summed E-state index contributed by atoms with van der Waals surface area (Å²) in [5.41, 5.74) is 7.50. The minimum absolute atomic E-state index is 0.109. The van der Waals surface area contributed by atoms with Gasteiger partial charge in [-0.2, -0.15) is 0 Å². The Labute approximate surface area is 163 Å². The molecule has 1 unspecified atom stereocenters. The number of benzene rings is 1. The van der Waals surface area contributed by atoms with Crippen molar-refractivity contribution in [1.29, 1.82) is 0 Å². The number of carbonyl (C=O) groups is 4. The molecule has 0 radical (unpaired) electrons. The van der Waals surface area contributed by atoms with E-state index in [1.165, 1.54) is 0 Å². The van der Waals surface area contributed by atoms with Crippen LogP contribution in [0.5, 0.6) is 0 Å². The lowest BCUT2D eigenvalue weighted by Gasteiger charge is -2.27. The van der Waals surface area contributed by atoms with E-state index >= 15 is 0 Å². The molecule has 150 valence electrons. The third kappa shape index (κ3) is 3.98. The minimum atomic E-state index is -0.941. The number of carbonyl (C=O) groups excluding carboxylic acids is 4. The van der Waals surface area contributed by atoms with E-state index in [9.17, 15) is 19.2 Å². The van der Waals surface area contributed by atoms with E-state index in [4.69, 9.17) is 5.73 Å². The van der Waals surface area contributed by atoms with Crippen LogP contribution in [0.2, 0.25) is 0 Å². The van der Waals surface area contributed by atoms with Gasteiger partial charge in [0.15, 0.2) is 0 Å². The highest BCUT2D eigenvalue weighted by Gasteiger charge is 2.44. The zero-order chi connectivity index (χ0) is 20.4. The molecule has 2 aliphatic rings. The van der Waals surface area contributed by atoms with E-state index in [-0.39, 0.29) is 24.8 Å². The Kier molecular flexibility index (Phi) is 5.90. The number of hydrogen-bond donors (Lipinski definition) is 3. The first-order valence-electron chi connectivity index (χ1n) is 9.60. The topological polar surface area (TPSA) is 122 Å². The monoisotopic (exact) mass is 386 g/mol. The summed E-state index contributed by atoms with van der Waals surface area (Å²) in [4.78, 5) is 49.8. The van der Waals surface area contributed by atoms with Crippen LogP contribution < -0.4 is 16.4 Å². The summed E-state index contributed by atoms with van der Waals surface area (Å²) in [5, 5.41) is 5.49. The number of piperidine rings is 1. The van der Waals surface area contributed by atoms with Gasteiger partial charge in [0.2, 0.25) is 11.8 Å². The van der Waals surface area contributed by atoms with E-state index in [1.807, 2.05) is 0 Å². The van der Waals surface area contributed by atoms with Gasteiger partial charge in [-0.25, -0.2) is 0 Å². The van der Waals surface area contributed by atoms with Gasteiger partial charge in [0.25, 0.3) is 11.8 Å². The Morgan fingerprint density at radius 1 is 1.18 bits per heavy atom. The van der Waals surface area contributed by atoms with Gasteiger partial charge in [0.1, 0.15) is 6.04 Å². The fourth-order valence-electron chi connectivity index (χ4n) is 3.46. The van der Waals surface area contributed by atoms with E-state index in [0.717, 1.165) is 23.4 Å². The highest BCUT2D eigenvalue weighted by molar-refractivity contribution is 6.23. The van der Waals surface area contributed by atoms with Crippen molar-refractivity contribution in [3.05, 3.63) is 34.9 Å². The number of rotatable bonds is 7. The average Bonchev–Trinajstić information content (AvgIpc) is 2.89. The SMILES string of the molecule is CC(C)[C@H](N)CCNCc1ccc2c(c1)C(=O)N(C1CCC(=O)NC1=O)C2=O. The van der Waals surface area contributed by atoms with Crippen molar-refractivity contribution >= 4 is 23.6 Å². The molecular weight excluding hydrogens is 360 g/mol. The van der Waals surface area contributed by atoms with Gasteiger partial charge in [-0.05, 0) is 43.0 Å². The summed E-state index contributed by atoms with van der Waals surface area (Å²) in [6, 6.07) is 4.31. The lowest BCUT2D eigenvalue weighted by molar-refractivity contribution is -0.136. The molecule has 8 heteroatoms. The van der Waals surface area contributed by atoms with Crippen LogP contribution >= 0.6 is 0 Å². The maximum absolute atomic E-state index is 12.8. The molecule has 8 nitrogen and oxygen atoms in total. The standard InChI is InChI=1S/C20H26N4O4/c1-11(2)15(21)7-8-22-10-12-3-4-13-14(9-12)20(28)24(19(13)27)16-5-6-17(25)23-18(16)26/h3-4,9,11,15-16,22H,5-8,10,21H2,1-2H3,(H,23,25,26)/t15-,16?/m1/s1. The second-order valence-corrected chi connectivity index (χ2v) is 7.70. The predicted octanol–water partition coefficient (Wildman–Crippen LogP) is 0.551. The smallest absolute Gasteiger partial charge is 0.262 e. The first-order chi connectivity index (χ1) is 13.3.